The van der Waals surface area contributed by atoms with Crippen molar-refractivity contribution in [2.45, 2.75) is 12.7 Å². The molecular formula is C14H18N2O4S. The van der Waals surface area contributed by atoms with Crippen LogP contribution in [0, 0.1) is 17.2 Å². The largest absolute Gasteiger partial charge is 0.469 e. The normalized spacial score (nSPS) is 12.7. The van der Waals surface area contributed by atoms with Crippen LogP contribution in [0.3, 0.4) is 0 Å². The highest BCUT2D eigenvalue weighted by atomic mass is 32.2. The summed E-state index contributed by atoms with van der Waals surface area (Å²) in [6, 6.07) is 8.40. The van der Waals surface area contributed by atoms with Gasteiger partial charge < -0.3 is 4.74 Å². The second kappa shape index (κ2) is 7.20. The smallest absolute Gasteiger partial charge is 0.309 e. The van der Waals surface area contributed by atoms with Gasteiger partial charge in [-0.15, -0.1) is 0 Å². The Morgan fingerprint density at radius 2 is 2.14 bits per heavy atom. The fraction of sp³-hybridized carbons (Fsp3) is 0.429. The second-order valence-corrected chi connectivity index (χ2v) is 6.85. The number of esters is 1. The zero-order valence-electron chi connectivity index (χ0n) is 12.2. The number of benzene rings is 1. The van der Waals surface area contributed by atoms with E-state index in [-0.39, 0.29) is 12.3 Å². The average molecular weight is 310 g/mol. The van der Waals surface area contributed by atoms with Gasteiger partial charge >= 0.3 is 5.97 Å². The number of hydrogen-bond acceptors (Lipinski definition) is 5. The van der Waals surface area contributed by atoms with Crippen molar-refractivity contribution in [3.05, 3.63) is 35.4 Å². The summed E-state index contributed by atoms with van der Waals surface area (Å²) in [6.07, 6.45) is 0. The second-order valence-electron chi connectivity index (χ2n) is 4.77. The minimum absolute atomic E-state index is 0.0486. The van der Waals surface area contributed by atoms with Gasteiger partial charge in [0, 0.05) is 13.6 Å². The summed E-state index contributed by atoms with van der Waals surface area (Å²) in [5, 5.41) is 8.82. The molecule has 0 saturated heterocycles. The maximum absolute atomic E-state index is 12.2. The molecule has 0 aliphatic heterocycles. The van der Waals surface area contributed by atoms with Crippen LogP contribution in [0.2, 0.25) is 0 Å². The Hall–Kier alpha value is -1.91. The summed E-state index contributed by atoms with van der Waals surface area (Å²) in [7, 11) is -0.875. The van der Waals surface area contributed by atoms with Crippen molar-refractivity contribution < 1.29 is 17.9 Å². The molecule has 0 bridgehead atoms. The highest BCUT2D eigenvalue weighted by Gasteiger charge is 2.24. The molecular weight excluding hydrogens is 292 g/mol. The minimum Gasteiger partial charge on any atom is -0.469 e. The molecule has 0 N–H and O–H groups in total. The average Bonchev–Trinajstić information content (AvgIpc) is 2.45. The summed E-state index contributed by atoms with van der Waals surface area (Å²) in [4.78, 5) is 11.3. The lowest BCUT2D eigenvalue weighted by Gasteiger charge is -2.20. The van der Waals surface area contributed by atoms with E-state index < -0.39 is 21.9 Å². The predicted molar refractivity (Wildman–Crippen MR) is 77.6 cm³/mol. The molecule has 1 aromatic rings. The first-order chi connectivity index (χ1) is 9.80. The summed E-state index contributed by atoms with van der Waals surface area (Å²) in [5.41, 5.74) is 0.944. The Morgan fingerprint density at radius 3 is 2.71 bits per heavy atom. The van der Waals surface area contributed by atoms with Crippen molar-refractivity contribution in [3.8, 4) is 6.07 Å². The van der Waals surface area contributed by atoms with Gasteiger partial charge in [-0.05, 0) is 17.7 Å². The first-order valence-electron chi connectivity index (χ1n) is 6.31. The molecule has 0 amide bonds. The molecule has 1 aromatic carbocycles. The first-order valence-corrected chi connectivity index (χ1v) is 7.92. The standard InChI is InChI=1S/C14H18N2O4S/c1-11(14(17)20-3)9-16(2)21(18,19)10-13-6-4-5-12(7-13)8-15/h4-7,11H,9-10H2,1-3H3. The van der Waals surface area contributed by atoms with Crippen LogP contribution in [0.25, 0.3) is 0 Å². The van der Waals surface area contributed by atoms with E-state index in [9.17, 15) is 13.2 Å². The Kier molecular flexibility index (Phi) is 5.88. The van der Waals surface area contributed by atoms with Gasteiger partial charge in [0.15, 0.2) is 0 Å². The van der Waals surface area contributed by atoms with Gasteiger partial charge in [0.25, 0.3) is 0 Å². The van der Waals surface area contributed by atoms with E-state index in [1.807, 2.05) is 6.07 Å². The monoisotopic (exact) mass is 310 g/mol. The molecule has 21 heavy (non-hydrogen) atoms. The third kappa shape index (κ3) is 4.85. The number of carbonyl (C=O) groups excluding carboxylic acids is 1. The lowest BCUT2D eigenvalue weighted by atomic mass is 10.2. The molecule has 1 rings (SSSR count). The Labute approximate surface area is 125 Å². The van der Waals surface area contributed by atoms with Crippen molar-refractivity contribution in [3.63, 3.8) is 0 Å². The van der Waals surface area contributed by atoms with Gasteiger partial charge in [-0.2, -0.15) is 5.26 Å². The Balaban J connectivity index is 2.81. The molecule has 0 saturated carbocycles. The number of nitrogens with zero attached hydrogens (tertiary/aromatic N) is 2. The van der Waals surface area contributed by atoms with E-state index in [2.05, 4.69) is 4.74 Å². The zero-order chi connectivity index (χ0) is 16.0. The summed E-state index contributed by atoms with van der Waals surface area (Å²) < 4.78 is 30.2. The van der Waals surface area contributed by atoms with Crippen LogP contribution in [0.4, 0.5) is 0 Å². The Bertz CT molecular complexity index is 649. The molecule has 1 unspecified atom stereocenters. The van der Waals surface area contributed by atoms with E-state index in [0.717, 1.165) is 4.31 Å². The van der Waals surface area contributed by atoms with E-state index in [1.54, 1.807) is 25.1 Å². The van der Waals surface area contributed by atoms with Gasteiger partial charge in [0.1, 0.15) is 0 Å². The van der Waals surface area contributed by atoms with Crippen LogP contribution < -0.4 is 0 Å². The molecule has 0 aliphatic rings. The molecule has 0 spiro atoms. The zero-order valence-corrected chi connectivity index (χ0v) is 13.1. The Morgan fingerprint density at radius 1 is 1.48 bits per heavy atom. The fourth-order valence-corrected chi connectivity index (χ4v) is 3.10. The van der Waals surface area contributed by atoms with E-state index in [1.165, 1.54) is 20.2 Å². The number of rotatable bonds is 6. The molecule has 114 valence electrons. The number of ether oxygens (including phenoxy) is 1. The number of carbonyl (C=O) groups is 1. The van der Waals surface area contributed by atoms with E-state index in [4.69, 9.17) is 5.26 Å². The SMILES string of the molecule is COC(=O)C(C)CN(C)S(=O)(=O)Cc1cccc(C#N)c1. The van der Waals surface area contributed by atoms with Crippen molar-refractivity contribution in [1.29, 1.82) is 5.26 Å². The topological polar surface area (TPSA) is 87.5 Å². The van der Waals surface area contributed by atoms with Crippen molar-refractivity contribution in [2.24, 2.45) is 5.92 Å². The lowest BCUT2D eigenvalue weighted by Crippen LogP contribution is -2.34. The van der Waals surface area contributed by atoms with Gasteiger partial charge in [-0.3, -0.25) is 4.79 Å². The highest BCUT2D eigenvalue weighted by molar-refractivity contribution is 7.88. The predicted octanol–water partition coefficient (Wildman–Crippen LogP) is 1.13. The minimum atomic E-state index is -3.56. The third-order valence-electron chi connectivity index (χ3n) is 3.01. The molecule has 1 atom stereocenters. The number of nitriles is 1. The van der Waals surface area contributed by atoms with Crippen LogP contribution in [-0.2, 0) is 25.3 Å². The van der Waals surface area contributed by atoms with Crippen LogP contribution in [0.5, 0.6) is 0 Å². The first kappa shape index (κ1) is 17.1. The van der Waals surface area contributed by atoms with Crippen LogP contribution >= 0.6 is 0 Å². The number of sulfonamides is 1. The van der Waals surface area contributed by atoms with Crippen molar-refractivity contribution in [1.82, 2.24) is 4.31 Å². The van der Waals surface area contributed by atoms with E-state index >= 15 is 0 Å². The quantitative estimate of drug-likeness (QED) is 0.735. The maximum Gasteiger partial charge on any atom is 0.309 e. The van der Waals surface area contributed by atoms with Crippen LogP contribution in [0.15, 0.2) is 24.3 Å². The molecule has 0 fully saturated rings. The maximum atomic E-state index is 12.2. The van der Waals surface area contributed by atoms with Crippen molar-refractivity contribution in [2.75, 3.05) is 20.7 Å². The van der Waals surface area contributed by atoms with Crippen molar-refractivity contribution >= 4 is 16.0 Å². The number of methoxy groups -OCH3 is 1. The summed E-state index contributed by atoms with van der Waals surface area (Å²) in [5.74, 6) is -1.21. The van der Waals surface area contributed by atoms with Crippen LogP contribution in [-0.4, -0.2) is 39.4 Å². The lowest BCUT2D eigenvalue weighted by molar-refractivity contribution is -0.144. The van der Waals surface area contributed by atoms with E-state index in [0.29, 0.717) is 11.1 Å². The number of hydrogen-bond donors (Lipinski definition) is 0. The molecule has 7 heteroatoms. The molecule has 0 radical (unpaired) electrons. The third-order valence-corrected chi connectivity index (χ3v) is 4.81. The molecule has 6 nitrogen and oxygen atoms in total. The summed E-state index contributed by atoms with van der Waals surface area (Å²) in [6.45, 7) is 1.65. The van der Waals surface area contributed by atoms with Crippen LogP contribution in [0.1, 0.15) is 18.1 Å². The van der Waals surface area contributed by atoms with Gasteiger partial charge in [0.2, 0.25) is 10.0 Å². The molecule has 0 heterocycles. The summed E-state index contributed by atoms with van der Waals surface area (Å²) >= 11 is 0. The molecule has 0 aliphatic carbocycles. The fourth-order valence-electron chi connectivity index (χ4n) is 1.83. The van der Waals surface area contributed by atoms with Gasteiger partial charge in [0.05, 0.1) is 30.4 Å². The van der Waals surface area contributed by atoms with Gasteiger partial charge in [-0.25, -0.2) is 12.7 Å². The highest BCUT2D eigenvalue weighted by Crippen LogP contribution is 2.13. The van der Waals surface area contributed by atoms with Gasteiger partial charge in [-0.1, -0.05) is 19.1 Å². The molecule has 0 aromatic heterocycles.